The summed E-state index contributed by atoms with van der Waals surface area (Å²) in [4.78, 5) is 16.8. The lowest BCUT2D eigenvalue weighted by Crippen LogP contribution is -2.18. The van der Waals surface area contributed by atoms with Gasteiger partial charge in [-0.25, -0.2) is 0 Å². The lowest BCUT2D eigenvalue weighted by atomic mass is 10.1. The molecule has 0 unspecified atom stereocenters. The Bertz CT molecular complexity index is 731. The second-order valence-corrected chi connectivity index (χ2v) is 5.47. The van der Waals surface area contributed by atoms with Gasteiger partial charge in [-0.1, -0.05) is 23.8 Å². The maximum Gasteiger partial charge on any atom is 0.257 e. The summed E-state index contributed by atoms with van der Waals surface area (Å²) in [6.07, 6.45) is 0. The number of halogens is 1. The Balaban J connectivity index is 2.35. The molecule has 2 rings (SSSR count). The molecule has 108 valence electrons. The molecule has 0 aliphatic rings. The third-order valence-electron chi connectivity index (χ3n) is 2.96. The normalized spacial score (nSPS) is 10.2. The summed E-state index contributed by atoms with van der Waals surface area (Å²) in [5, 5.41) is 3.27. The molecular weight excluding hydrogens is 306 g/mol. The van der Waals surface area contributed by atoms with E-state index in [9.17, 15) is 4.79 Å². The molecule has 0 spiro atoms. The van der Waals surface area contributed by atoms with Crippen molar-refractivity contribution in [2.75, 3.05) is 5.32 Å². The van der Waals surface area contributed by atoms with E-state index in [1.807, 2.05) is 6.92 Å². The molecule has 21 heavy (non-hydrogen) atoms. The van der Waals surface area contributed by atoms with Gasteiger partial charge in [0.05, 0.1) is 16.9 Å². The van der Waals surface area contributed by atoms with Crippen molar-refractivity contribution >= 4 is 40.4 Å². The van der Waals surface area contributed by atoms with Crippen LogP contribution in [0.2, 0.25) is 5.02 Å². The van der Waals surface area contributed by atoms with Gasteiger partial charge >= 0.3 is 0 Å². The highest BCUT2D eigenvalue weighted by molar-refractivity contribution is 7.80. The molecule has 0 radical (unpaired) electrons. The summed E-state index contributed by atoms with van der Waals surface area (Å²) >= 11 is 10.9. The van der Waals surface area contributed by atoms with E-state index in [-0.39, 0.29) is 10.9 Å². The van der Waals surface area contributed by atoms with Gasteiger partial charge in [0.25, 0.3) is 5.91 Å². The lowest BCUT2D eigenvalue weighted by molar-refractivity contribution is 0.102. The predicted octanol–water partition coefficient (Wildman–Crippen LogP) is 3.24. The van der Waals surface area contributed by atoms with Gasteiger partial charge in [0.15, 0.2) is 0 Å². The minimum atomic E-state index is -0.278. The topological polar surface area (TPSA) is 68.0 Å². The molecule has 0 saturated carbocycles. The molecule has 2 aromatic rings. The first kappa shape index (κ1) is 15.4. The van der Waals surface area contributed by atoms with Crippen molar-refractivity contribution < 1.29 is 4.79 Å². The number of nitrogens with one attached hydrogen (secondary N) is 1. The SMILES string of the molecule is Cc1ccc(C(=O)Nc2cc(Cl)ccc2C(N)=S)c(C)n1. The molecule has 1 aromatic heterocycles. The van der Waals surface area contributed by atoms with Crippen LogP contribution in [0.5, 0.6) is 0 Å². The molecule has 0 aliphatic carbocycles. The average Bonchev–Trinajstić information content (AvgIpc) is 2.37. The molecule has 1 amide bonds. The Kier molecular flexibility index (Phi) is 4.55. The van der Waals surface area contributed by atoms with Crippen molar-refractivity contribution in [1.29, 1.82) is 0 Å². The van der Waals surface area contributed by atoms with Gasteiger partial charge in [-0.15, -0.1) is 0 Å². The highest BCUT2D eigenvalue weighted by Gasteiger charge is 2.13. The van der Waals surface area contributed by atoms with Crippen molar-refractivity contribution in [3.05, 3.63) is 57.9 Å². The number of hydrogen-bond donors (Lipinski definition) is 2. The van der Waals surface area contributed by atoms with Crippen LogP contribution in [0, 0.1) is 13.8 Å². The van der Waals surface area contributed by atoms with Crippen LogP contribution >= 0.6 is 23.8 Å². The number of nitrogens with zero attached hydrogens (tertiary/aromatic N) is 1. The molecule has 0 aliphatic heterocycles. The molecule has 0 bridgehead atoms. The van der Waals surface area contributed by atoms with Crippen LogP contribution in [0.15, 0.2) is 30.3 Å². The van der Waals surface area contributed by atoms with E-state index < -0.39 is 0 Å². The second-order valence-electron chi connectivity index (χ2n) is 4.59. The first-order valence-corrected chi connectivity index (χ1v) is 7.02. The molecule has 6 heteroatoms. The van der Waals surface area contributed by atoms with Gasteiger partial charge in [0, 0.05) is 16.3 Å². The maximum atomic E-state index is 12.4. The number of pyridine rings is 1. The van der Waals surface area contributed by atoms with Crippen LogP contribution in [-0.2, 0) is 0 Å². The fourth-order valence-electron chi connectivity index (χ4n) is 1.95. The number of amides is 1. The Hall–Kier alpha value is -1.98. The Morgan fingerprint density at radius 3 is 2.52 bits per heavy atom. The van der Waals surface area contributed by atoms with Gasteiger partial charge in [0.1, 0.15) is 4.99 Å². The number of hydrogen-bond acceptors (Lipinski definition) is 3. The van der Waals surface area contributed by atoms with Crippen LogP contribution in [0.1, 0.15) is 27.3 Å². The van der Waals surface area contributed by atoms with E-state index in [1.165, 1.54) is 0 Å². The third-order valence-corrected chi connectivity index (χ3v) is 3.42. The number of aromatic nitrogens is 1. The first-order valence-electron chi connectivity index (χ1n) is 6.23. The number of aryl methyl sites for hydroxylation is 2. The van der Waals surface area contributed by atoms with Gasteiger partial charge in [0.2, 0.25) is 0 Å². The predicted molar refractivity (Wildman–Crippen MR) is 89.0 cm³/mol. The van der Waals surface area contributed by atoms with Crippen LogP contribution in [0.4, 0.5) is 5.69 Å². The number of nitrogens with two attached hydrogens (primary N) is 1. The molecule has 1 aromatic carbocycles. The molecular formula is C15H14ClN3OS. The highest BCUT2D eigenvalue weighted by Crippen LogP contribution is 2.22. The second kappa shape index (κ2) is 6.20. The zero-order valence-electron chi connectivity index (χ0n) is 11.6. The smallest absolute Gasteiger partial charge is 0.257 e. The Morgan fingerprint density at radius 1 is 1.24 bits per heavy atom. The van der Waals surface area contributed by atoms with E-state index in [4.69, 9.17) is 29.6 Å². The standard InChI is InChI=1S/C15H14ClN3OS/c1-8-3-5-11(9(2)18-8)15(20)19-13-7-10(16)4-6-12(13)14(17)21/h3-7H,1-2H3,(H2,17,21)(H,19,20). The van der Waals surface area contributed by atoms with Crippen molar-refractivity contribution in [3.63, 3.8) is 0 Å². The van der Waals surface area contributed by atoms with Gasteiger partial charge in [-0.05, 0) is 44.2 Å². The maximum absolute atomic E-state index is 12.4. The minimum absolute atomic E-state index is 0.195. The first-order chi connectivity index (χ1) is 9.88. The van der Waals surface area contributed by atoms with Crippen LogP contribution < -0.4 is 11.1 Å². The zero-order valence-corrected chi connectivity index (χ0v) is 13.2. The van der Waals surface area contributed by atoms with E-state index in [0.29, 0.717) is 27.5 Å². The fourth-order valence-corrected chi connectivity index (χ4v) is 2.30. The van der Waals surface area contributed by atoms with Crippen LogP contribution in [0.25, 0.3) is 0 Å². The van der Waals surface area contributed by atoms with E-state index >= 15 is 0 Å². The zero-order chi connectivity index (χ0) is 15.6. The van der Waals surface area contributed by atoms with E-state index in [1.54, 1.807) is 37.3 Å². The largest absolute Gasteiger partial charge is 0.389 e. The van der Waals surface area contributed by atoms with Crippen LogP contribution in [0.3, 0.4) is 0 Å². The summed E-state index contributed by atoms with van der Waals surface area (Å²) in [5.41, 5.74) is 8.72. The monoisotopic (exact) mass is 319 g/mol. The quantitative estimate of drug-likeness (QED) is 0.852. The number of anilines is 1. The Morgan fingerprint density at radius 2 is 1.90 bits per heavy atom. The van der Waals surface area contributed by atoms with Crippen molar-refractivity contribution in [2.45, 2.75) is 13.8 Å². The Labute approximate surface area is 133 Å². The minimum Gasteiger partial charge on any atom is -0.389 e. The van der Waals surface area contributed by atoms with Crippen molar-refractivity contribution in [2.24, 2.45) is 5.73 Å². The van der Waals surface area contributed by atoms with E-state index in [2.05, 4.69) is 10.3 Å². The average molecular weight is 320 g/mol. The number of carbonyl (C=O) groups excluding carboxylic acids is 1. The van der Waals surface area contributed by atoms with Crippen LogP contribution in [-0.4, -0.2) is 15.9 Å². The van der Waals surface area contributed by atoms with Crippen molar-refractivity contribution in [3.8, 4) is 0 Å². The summed E-state index contributed by atoms with van der Waals surface area (Å²) < 4.78 is 0. The molecule has 4 nitrogen and oxygen atoms in total. The van der Waals surface area contributed by atoms with Gasteiger partial charge in [-0.3, -0.25) is 9.78 Å². The van der Waals surface area contributed by atoms with Gasteiger partial charge < -0.3 is 11.1 Å². The number of carbonyl (C=O) groups is 1. The molecule has 3 N–H and O–H groups in total. The summed E-state index contributed by atoms with van der Waals surface area (Å²) in [7, 11) is 0. The van der Waals surface area contributed by atoms with Crippen molar-refractivity contribution in [1.82, 2.24) is 4.98 Å². The van der Waals surface area contributed by atoms with E-state index in [0.717, 1.165) is 5.69 Å². The molecule has 0 atom stereocenters. The molecule has 0 saturated heterocycles. The molecule has 1 heterocycles. The summed E-state index contributed by atoms with van der Waals surface area (Å²) in [6, 6.07) is 8.49. The third kappa shape index (κ3) is 3.56. The highest BCUT2D eigenvalue weighted by atomic mass is 35.5. The molecule has 0 fully saturated rings. The number of benzene rings is 1. The number of rotatable bonds is 3. The fraction of sp³-hybridized carbons (Fsp3) is 0.133. The lowest BCUT2D eigenvalue weighted by Gasteiger charge is -2.12. The number of thiocarbonyl (C=S) groups is 1. The summed E-state index contributed by atoms with van der Waals surface area (Å²) in [5.74, 6) is -0.278. The van der Waals surface area contributed by atoms with Gasteiger partial charge in [-0.2, -0.15) is 0 Å². The summed E-state index contributed by atoms with van der Waals surface area (Å²) in [6.45, 7) is 3.66.